The molecule has 0 aliphatic carbocycles. The van der Waals surface area contributed by atoms with Gasteiger partial charge in [-0.3, -0.25) is 4.90 Å². The molecule has 42 heavy (non-hydrogen) atoms. The number of fused-ring (bicyclic) bond motifs is 1. The Morgan fingerprint density at radius 3 is 2.02 bits per heavy atom. The number of anilines is 1. The number of hydrogen-bond acceptors (Lipinski definition) is 7. The molecule has 5 aromatic rings. The van der Waals surface area contributed by atoms with Gasteiger partial charge in [-0.15, -0.1) is 0 Å². The number of hydrogen-bond donors (Lipinski definition) is 1. The summed E-state index contributed by atoms with van der Waals surface area (Å²) in [4.78, 5) is 11.3. The Bertz CT molecular complexity index is 1550. The Labute approximate surface area is 246 Å². The first-order chi connectivity index (χ1) is 20.7. The smallest absolute Gasteiger partial charge is 0.151 e. The van der Waals surface area contributed by atoms with Crippen molar-refractivity contribution >= 4 is 16.9 Å². The van der Waals surface area contributed by atoms with Gasteiger partial charge in [-0.1, -0.05) is 91.0 Å². The van der Waals surface area contributed by atoms with Gasteiger partial charge in [-0.2, -0.15) is 0 Å². The molecular formula is C34H37N5O3. The van der Waals surface area contributed by atoms with Gasteiger partial charge in [0.15, 0.2) is 5.82 Å². The van der Waals surface area contributed by atoms with Crippen LogP contribution >= 0.6 is 0 Å². The fraction of sp³-hybridized carbons (Fsp3) is 0.294. The molecule has 2 N–H and O–H groups in total. The van der Waals surface area contributed by atoms with E-state index in [1.165, 1.54) is 17.5 Å². The van der Waals surface area contributed by atoms with Gasteiger partial charge in [0.1, 0.15) is 18.6 Å². The molecule has 0 spiro atoms. The highest BCUT2D eigenvalue weighted by Gasteiger charge is 2.34. The molecule has 1 fully saturated rings. The predicted molar refractivity (Wildman–Crippen MR) is 163 cm³/mol. The highest BCUT2D eigenvalue weighted by atomic mass is 16.5. The minimum Gasteiger partial charge on any atom is -0.382 e. The zero-order chi connectivity index (χ0) is 28.6. The maximum atomic E-state index is 6.49. The Kier molecular flexibility index (Phi) is 9.17. The van der Waals surface area contributed by atoms with Crippen LogP contribution in [0.25, 0.3) is 11.0 Å². The molecule has 0 radical (unpaired) electrons. The summed E-state index contributed by atoms with van der Waals surface area (Å²) in [6, 6.07) is 30.8. The normalized spacial score (nSPS) is 17.2. The summed E-state index contributed by atoms with van der Waals surface area (Å²) in [5.41, 5.74) is 12.6. The van der Waals surface area contributed by atoms with E-state index in [-0.39, 0.29) is 12.0 Å². The van der Waals surface area contributed by atoms with Crippen molar-refractivity contribution in [3.05, 3.63) is 126 Å². The molecule has 1 saturated heterocycles. The van der Waals surface area contributed by atoms with E-state index >= 15 is 0 Å². The van der Waals surface area contributed by atoms with Gasteiger partial charge in [0.05, 0.1) is 38.0 Å². The second-order valence-corrected chi connectivity index (χ2v) is 10.8. The van der Waals surface area contributed by atoms with E-state index in [0.29, 0.717) is 39.0 Å². The summed E-state index contributed by atoms with van der Waals surface area (Å²) in [5, 5.41) is 0. The second-order valence-electron chi connectivity index (χ2n) is 10.8. The molecule has 0 bridgehead atoms. The first-order valence-electron chi connectivity index (χ1n) is 14.4. The van der Waals surface area contributed by atoms with E-state index in [9.17, 15) is 0 Å². The van der Waals surface area contributed by atoms with Crippen molar-refractivity contribution in [1.82, 2.24) is 19.4 Å². The van der Waals surface area contributed by atoms with Gasteiger partial charge in [0.2, 0.25) is 0 Å². The lowest BCUT2D eigenvalue weighted by molar-refractivity contribution is -0.0107. The van der Waals surface area contributed by atoms with Crippen LogP contribution in [0.15, 0.2) is 104 Å². The number of nitrogen functional groups attached to an aromatic ring is 1. The molecule has 1 aliphatic heterocycles. The monoisotopic (exact) mass is 563 g/mol. The lowest BCUT2D eigenvalue weighted by atomic mass is 10.1. The van der Waals surface area contributed by atoms with E-state index in [1.807, 2.05) is 59.2 Å². The SMILES string of the molecule is Nc1ncnc2c(CN3C[C@H](COCc4ccccc4)[C@H](OCc4ccccc4)C3)cn(COCc3ccccc3)c12. The molecule has 0 amide bonds. The first-order valence-corrected chi connectivity index (χ1v) is 14.4. The van der Waals surface area contributed by atoms with Gasteiger partial charge >= 0.3 is 0 Å². The number of likely N-dealkylation sites (tertiary alicyclic amines) is 1. The van der Waals surface area contributed by atoms with Crippen molar-refractivity contribution in [1.29, 1.82) is 0 Å². The third kappa shape index (κ3) is 7.03. The van der Waals surface area contributed by atoms with Crippen molar-refractivity contribution in [2.45, 2.75) is 39.2 Å². The number of nitrogens with zero attached hydrogens (tertiary/aromatic N) is 4. The summed E-state index contributed by atoms with van der Waals surface area (Å²) in [6.45, 7) is 5.08. The Morgan fingerprint density at radius 2 is 1.36 bits per heavy atom. The Balaban J connectivity index is 1.14. The predicted octanol–water partition coefficient (Wildman–Crippen LogP) is 5.42. The molecule has 0 saturated carbocycles. The largest absolute Gasteiger partial charge is 0.382 e. The third-order valence-corrected chi connectivity index (χ3v) is 7.70. The molecule has 3 aromatic carbocycles. The molecule has 8 heteroatoms. The van der Waals surface area contributed by atoms with Crippen LogP contribution in [0.5, 0.6) is 0 Å². The zero-order valence-corrected chi connectivity index (χ0v) is 23.7. The lowest BCUT2D eigenvalue weighted by Crippen LogP contribution is -2.26. The minimum atomic E-state index is 0.0585. The van der Waals surface area contributed by atoms with Gasteiger partial charge in [-0.25, -0.2) is 9.97 Å². The van der Waals surface area contributed by atoms with Gasteiger partial charge in [-0.05, 0) is 16.7 Å². The van der Waals surface area contributed by atoms with E-state index in [1.54, 1.807) is 0 Å². The molecular weight excluding hydrogens is 526 g/mol. The molecule has 2 atom stereocenters. The van der Waals surface area contributed by atoms with Crippen LogP contribution in [0, 0.1) is 5.92 Å². The summed E-state index contributed by atoms with van der Waals surface area (Å²) >= 11 is 0. The maximum Gasteiger partial charge on any atom is 0.151 e. The van der Waals surface area contributed by atoms with Crippen LogP contribution in [0.2, 0.25) is 0 Å². The van der Waals surface area contributed by atoms with Gasteiger partial charge in [0.25, 0.3) is 0 Å². The average Bonchev–Trinajstić information content (AvgIpc) is 3.58. The van der Waals surface area contributed by atoms with E-state index in [2.05, 4.69) is 57.5 Å². The number of rotatable bonds is 13. The fourth-order valence-corrected chi connectivity index (χ4v) is 5.60. The van der Waals surface area contributed by atoms with E-state index in [0.717, 1.165) is 41.8 Å². The topological polar surface area (TPSA) is 87.7 Å². The second kappa shape index (κ2) is 13.7. The first kappa shape index (κ1) is 28.1. The molecule has 2 aromatic heterocycles. The highest BCUT2D eigenvalue weighted by Crippen LogP contribution is 2.28. The van der Waals surface area contributed by atoms with Crippen LogP contribution in [-0.4, -0.2) is 45.2 Å². The molecule has 1 aliphatic rings. The average molecular weight is 564 g/mol. The Morgan fingerprint density at radius 1 is 0.738 bits per heavy atom. The third-order valence-electron chi connectivity index (χ3n) is 7.70. The zero-order valence-electron chi connectivity index (χ0n) is 23.7. The van der Waals surface area contributed by atoms with E-state index < -0.39 is 0 Å². The molecule has 0 unspecified atom stereocenters. The van der Waals surface area contributed by atoms with Crippen LogP contribution in [0.1, 0.15) is 22.3 Å². The van der Waals surface area contributed by atoms with Crippen molar-refractivity contribution in [2.75, 3.05) is 25.4 Å². The Hall–Kier alpha value is -4.08. The molecule has 6 rings (SSSR count). The summed E-state index contributed by atoms with van der Waals surface area (Å²) in [5.74, 6) is 0.701. The van der Waals surface area contributed by atoms with Crippen LogP contribution < -0.4 is 5.73 Å². The van der Waals surface area contributed by atoms with Gasteiger partial charge < -0.3 is 24.5 Å². The summed E-state index contributed by atoms with van der Waals surface area (Å²) < 4.78 is 20.7. The van der Waals surface area contributed by atoms with Crippen LogP contribution in [0.3, 0.4) is 0 Å². The van der Waals surface area contributed by atoms with Crippen molar-refractivity contribution in [3.8, 4) is 0 Å². The molecule has 216 valence electrons. The summed E-state index contributed by atoms with van der Waals surface area (Å²) in [7, 11) is 0. The van der Waals surface area contributed by atoms with Crippen LogP contribution in [0.4, 0.5) is 5.82 Å². The number of ether oxygens (including phenoxy) is 3. The van der Waals surface area contributed by atoms with E-state index in [4.69, 9.17) is 19.9 Å². The number of benzene rings is 3. The maximum absolute atomic E-state index is 6.49. The lowest BCUT2D eigenvalue weighted by Gasteiger charge is -2.19. The van der Waals surface area contributed by atoms with Gasteiger partial charge in [0, 0.05) is 37.3 Å². The van der Waals surface area contributed by atoms with Crippen molar-refractivity contribution in [3.63, 3.8) is 0 Å². The molecule has 3 heterocycles. The minimum absolute atomic E-state index is 0.0585. The summed E-state index contributed by atoms with van der Waals surface area (Å²) in [6.07, 6.45) is 3.69. The van der Waals surface area contributed by atoms with Crippen molar-refractivity contribution < 1.29 is 14.2 Å². The van der Waals surface area contributed by atoms with Crippen molar-refractivity contribution in [2.24, 2.45) is 5.92 Å². The van der Waals surface area contributed by atoms with Crippen LogP contribution in [-0.2, 0) is 47.3 Å². The number of aromatic nitrogens is 3. The quantitative estimate of drug-likeness (QED) is 0.205. The fourth-order valence-electron chi connectivity index (χ4n) is 5.60. The number of nitrogens with two attached hydrogens (primary N) is 1. The molecule has 8 nitrogen and oxygen atoms in total. The highest BCUT2D eigenvalue weighted by molar-refractivity contribution is 5.87. The standard InChI is InChI=1S/C34H37N5O3/c35-34-33-32(36-24-37-34)29(18-39(33)25-41-21-27-12-6-2-7-13-27)16-38-17-30(23-40-20-26-10-4-1-5-11-26)31(19-38)42-22-28-14-8-3-9-15-28/h1-15,18,24,30-31H,16-17,19-23,25H2,(H2,35,36,37)/t30-,31-/m1/s1.